The number of methoxy groups -OCH3 is 1. The van der Waals surface area contributed by atoms with E-state index in [9.17, 15) is 19.5 Å². The first-order chi connectivity index (χ1) is 13.5. The van der Waals surface area contributed by atoms with Crippen molar-refractivity contribution in [1.29, 1.82) is 0 Å². The fraction of sp³-hybridized carbons (Fsp3) is 0.450. The number of carboxylic acid groups (broad SMARTS) is 1. The minimum Gasteiger partial charge on any atom is -0.497 e. The maximum atomic E-state index is 13.5. The van der Waals surface area contributed by atoms with Gasteiger partial charge in [-0.15, -0.1) is 0 Å². The normalized spacial score (nSPS) is 19.4. The Hall–Kier alpha value is -3.23. The van der Waals surface area contributed by atoms with Crippen LogP contribution in [-0.4, -0.2) is 47.1 Å². The van der Waals surface area contributed by atoms with Crippen molar-refractivity contribution in [3.63, 3.8) is 0 Å². The largest absolute Gasteiger partial charge is 0.497 e. The molecule has 2 aromatic rings. The molecule has 0 aliphatic carbocycles. The predicted molar refractivity (Wildman–Crippen MR) is 106 cm³/mol. The molecule has 0 spiro atoms. The molecule has 1 aliphatic heterocycles. The number of anilines is 1. The van der Waals surface area contributed by atoms with E-state index >= 15 is 0 Å². The van der Waals surface area contributed by atoms with Gasteiger partial charge in [0.2, 0.25) is 5.76 Å². The average Bonchev–Trinajstić information content (AvgIpc) is 3.24. The van der Waals surface area contributed by atoms with E-state index < -0.39 is 28.9 Å². The maximum absolute atomic E-state index is 13.5. The summed E-state index contributed by atoms with van der Waals surface area (Å²) in [4.78, 5) is 38.5. The van der Waals surface area contributed by atoms with Gasteiger partial charge in [-0.2, -0.15) is 0 Å². The molecule has 156 valence electrons. The summed E-state index contributed by atoms with van der Waals surface area (Å²) in [6.45, 7) is 5.71. The lowest BCUT2D eigenvalue weighted by atomic mass is 9.71. The van der Waals surface area contributed by atoms with Crippen LogP contribution in [-0.2, 0) is 4.79 Å². The summed E-state index contributed by atoms with van der Waals surface area (Å²) in [5.41, 5.74) is 3.90. The fourth-order valence-corrected chi connectivity index (χ4v) is 4.15. The van der Waals surface area contributed by atoms with E-state index in [-0.39, 0.29) is 18.0 Å². The van der Waals surface area contributed by atoms with Gasteiger partial charge in [-0.25, -0.2) is 4.79 Å². The van der Waals surface area contributed by atoms with Crippen LogP contribution in [0.2, 0.25) is 0 Å². The van der Waals surface area contributed by atoms with Gasteiger partial charge in [-0.1, -0.05) is 20.8 Å². The quantitative estimate of drug-likeness (QED) is 0.718. The number of amides is 3. The molecular formula is C20H25N3O6. The minimum atomic E-state index is -1.31. The monoisotopic (exact) mass is 403 g/mol. The van der Waals surface area contributed by atoms with Gasteiger partial charge in [-0.3, -0.25) is 14.5 Å². The van der Waals surface area contributed by atoms with Crippen molar-refractivity contribution in [1.82, 2.24) is 4.90 Å². The van der Waals surface area contributed by atoms with Crippen LogP contribution in [0.4, 0.5) is 10.5 Å². The van der Waals surface area contributed by atoms with E-state index in [1.54, 1.807) is 18.2 Å². The summed E-state index contributed by atoms with van der Waals surface area (Å²) in [6, 6.07) is 4.88. The van der Waals surface area contributed by atoms with Crippen LogP contribution in [0.15, 0.2) is 22.6 Å². The molecule has 3 amide bonds. The van der Waals surface area contributed by atoms with Gasteiger partial charge in [0, 0.05) is 11.9 Å². The van der Waals surface area contributed by atoms with Crippen molar-refractivity contribution >= 4 is 34.6 Å². The molecule has 1 aromatic carbocycles. The Morgan fingerprint density at radius 3 is 2.55 bits per heavy atom. The summed E-state index contributed by atoms with van der Waals surface area (Å²) in [7, 11) is 1.49. The number of fused-ring (bicyclic) bond motifs is 1. The third-order valence-electron chi connectivity index (χ3n) is 5.59. The number of hydrogen-bond acceptors (Lipinski definition) is 5. The molecule has 1 unspecified atom stereocenters. The van der Waals surface area contributed by atoms with Gasteiger partial charge >= 0.3 is 6.09 Å². The lowest BCUT2D eigenvalue weighted by molar-refractivity contribution is -0.131. The highest BCUT2D eigenvalue weighted by atomic mass is 16.5. The number of carbonyl (C=O) groups is 3. The van der Waals surface area contributed by atoms with E-state index in [0.717, 1.165) is 0 Å². The molecule has 1 saturated heterocycles. The van der Waals surface area contributed by atoms with E-state index in [2.05, 4.69) is 5.32 Å². The topological polar surface area (TPSA) is 135 Å². The third kappa shape index (κ3) is 3.16. The first-order valence-corrected chi connectivity index (χ1v) is 9.25. The highest BCUT2D eigenvalue weighted by molar-refractivity contribution is 6.13. The Bertz CT molecular complexity index is 990. The zero-order chi connectivity index (χ0) is 21.6. The number of primary amides is 1. The summed E-state index contributed by atoms with van der Waals surface area (Å²) in [6.07, 6.45) is -0.249. The summed E-state index contributed by atoms with van der Waals surface area (Å²) >= 11 is 0. The number of nitrogens with one attached hydrogen (secondary N) is 1. The second kappa shape index (κ2) is 6.98. The number of rotatable bonds is 4. The summed E-state index contributed by atoms with van der Waals surface area (Å²) in [5.74, 6) is -1.08. The second-order valence-electron chi connectivity index (χ2n) is 8.13. The predicted octanol–water partition coefficient (Wildman–Crippen LogP) is 3.04. The molecule has 1 atom stereocenters. The second-order valence-corrected chi connectivity index (χ2v) is 8.13. The van der Waals surface area contributed by atoms with Crippen molar-refractivity contribution in [3.05, 3.63) is 24.0 Å². The van der Waals surface area contributed by atoms with Gasteiger partial charge in [0.05, 0.1) is 7.11 Å². The molecule has 0 bridgehead atoms. The molecule has 1 fully saturated rings. The van der Waals surface area contributed by atoms with Crippen LogP contribution >= 0.6 is 0 Å². The molecule has 1 aliphatic rings. The molecule has 0 saturated carbocycles. The molecule has 3 rings (SSSR count). The van der Waals surface area contributed by atoms with Gasteiger partial charge in [-0.05, 0) is 36.5 Å². The molecule has 0 radical (unpaired) electrons. The van der Waals surface area contributed by atoms with Crippen LogP contribution in [0.3, 0.4) is 0 Å². The van der Waals surface area contributed by atoms with Crippen LogP contribution in [0, 0.1) is 5.41 Å². The van der Waals surface area contributed by atoms with Crippen molar-refractivity contribution in [2.24, 2.45) is 11.1 Å². The fourth-order valence-electron chi connectivity index (χ4n) is 4.15. The smallest absolute Gasteiger partial charge is 0.408 e. The summed E-state index contributed by atoms with van der Waals surface area (Å²) in [5, 5.41) is 12.9. The van der Waals surface area contributed by atoms with E-state index in [4.69, 9.17) is 14.9 Å². The van der Waals surface area contributed by atoms with Crippen molar-refractivity contribution in [2.75, 3.05) is 19.0 Å². The van der Waals surface area contributed by atoms with Crippen molar-refractivity contribution in [2.45, 2.75) is 39.2 Å². The molecule has 4 N–H and O–H groups in total. The molecule has 1 aromatic heterocycles. The van der Waals surface area contributed by atoms with Crippen molar-refractivity contribution < 1.29 is 28.6 Å². The van der Waals surface area contributed by atoms with Crippen LogP contribution in [0.25, 0.3) is 11.0 Å². The lowest BCUT2D eigenvalue weighted by Gasteiger charge is -2.45. The molecular weight excluding hydrogens is 378 g/mol. The number of likely N-dealkylation sites (tertiary alicyclic amines) is 1. The Labute approximate surface area is 167 Å². The number of nitrogens with two attached hydrogens (primary N) is 1. The Morgan fingerprint density at radius 2 is 2.00 bits per heavy atom. The minimum absolute atomic E-state index is 0.109. The highest BCUT2D eigenvalue weighted by Crippen LogP contribution is 2.45. The van der Waals surface area contributed by atoms with Gasteiger partial charge in [0.1, 0.15) is 22.6 Å². The molecule has 2 heterocycles. The highest BCUT2D eigenvalue weighted by Gasteiger charge is 2.57. The van der Waals surface area contributed by atoms with Gasteiger partial charge < -0.3 is 25.3 Å². The van der Waals surface area contributed by atoms with Crippen LogP contribution < -0.4 is 15.8 Å². The van der Waals surface area contributed by atoms with Crippen LogP contribution in [0.5, 0.6) is 5.75 Å². The molecule has 9 heteroatoms. The van der Waals surface area contributed by atoms with Gasteiger partial charge in [0.25, 0.3) is 11.8 Å². The SMILES string of the molecule is COc1ccc2oc(C(N)=O)c(NC(=O)C3(C(C)(C)C)CCCN3C(=O)O)c2c1. The number of ether oxygens (including phenoxy) is 1. The standard InChI is InChI=1S/C20H25N3O6/c1-19(2,3)20(8-5-9-23(20)18(26)27)17(25)22-14-12-10-11(28-4)6-7-13(12)29-15(14)16(21)24/h6-7,10H,5,8-9H2,1-4H3,(H2,21,24)(H,22,25)(H,26,27). The number of carbonyl (C=O) groups excluding carboxylic acids is 2. The average molecular weight is 403 g/mol. The maximum Gasteiger partial charge on any atom is 0.408 e. The molecule has 29 heavy (non-hydrogen) atoms. The summed E-state index contributed by atoms with van der Waals surface area (Å²) < 4.78 is 10.8. The number of furan rings is 1. The number of nitrogens with zero attached hydrogens (tertiary/aromatic N) is 1. The van der Waals surface area contributed by atoms with Crippen molar-refractivity contribution in [3.8, 4) is 5.75 Å². The first-order valence-electron chi connectivity index (χ1n) is 9.25. The lowest BCUT2D eigenvalue weighted by Crippen LogP contribution is -2.62. The molecule has 9 nitrogen and oxygen atoms in total. The zero-order valence-electron chi connectivity index (χ0n) is 16.9. The zero-order valence-corrected chi connectivity index (χ0v) is 16.9. The van der Waals surface area contributed by atoms with Gasteiger partial charge in [0.15, 0.2) is 0 Å². The Morgan fingerprint density at radius 1 is 1.31 bits per heavy atom. The first kappa shape index (κ1) is 20.5. The van der Waals surface area contributed by atoms with E-state index in [1.165, 1.54) is 12.0 Å². The third-order valence-corrected chi connectivity index (χ3v) is 5.59. The van der Waals surface area contributed by atoms with Crippen LogP contribution in [0.1, 0.15) is 44.2 Å². The number of hydrogen-bond donors (Lipinski definition) is 3. The number of benzene rings is 1. The van der Waals surface area contributed by atoms with E-state index in [1.807, 2.05) is 20.8 Å². The Kier molecular flexibility index (Phi) is 4.94. The van der Waals surface area contributed by atoms with E-state index in [0.29, 0.717) is 29.6 Å². The Balaban J connectivity index is 2.14.